The van der Waals surface area contributed by atoms with Gasteiger partial charge in [-0.25, -0.2) is 23.9 Å². The van der Waals surface area contributed by atoms with Gasteiger partial charge in [-0.1, -0.05) is 39.8 Å². The number of benzene rings is 1. The molecule has 0 radical (unpaired) electrons. The van der Waals surface area contributed by atoms with Crippen molar-refractivity contribution in [2.75, 3.05) is 70.1 Å². The van der Waals surface area contributed by atoms with Crippen LogP contribution in [-0.4, -0.2) is 119 Å². The number of thiophene rings is 1. The molecule has 2 saturated heterocycles. The highest BCUT2D eigenvalue weighted by Gasteiger charge is 2.40. The second kappa shape index (κ2) is 13.0. The molecule has 15 heteroatoms. The predicted molar refractivity (Wildman–Crippen MR) is 185 cm³/mol. The first kappa shape index (κ1) is 33.7. The number of anilines is 1. The monoisotopic (exact) mass is 683 g/mol. The normalized spacial score (nSPS) is 18.0. The maximum atomic E-state index is 12.0. The Morgan fingerprint density at radius 3 is 2.38 bits per heavy atom. The highest BCUT2D eigenvalue weighted by atomic mass is 32.2. The molecular weight excluding hydrogens is 639 g/mol. The van der Waals surface area contributed by atoms with Crippen molar-refractivity contribution in [3.8, 4) is 11.4 Å². The van der Waals surface area contributed by atoms with Crippen LogP contribution in [0.3, 0.4) is 0 Å². The maximum absolute atomic E-state index is 12.0. The number of hydrogen-bond acceptors (Lipinski definition) is 11. The second-order valence-corrected chi connectivity index (χ2v) is 17.2. The summed E-state index contributed by atoms with van der Waals surface area (Å²) in [5.41, 5.74) is 4.07. The number of nitrogens with zero attached hydrogens (tertiary/aromatic N) is 7. The highest BCUT2D eigenvalue weighted by Crippen LogP contribution is 2.42. The molecule has 2 aliphatic rings. The van der Waals surface area contributed by atoms with Gasteiger partial charge in [-0.2, -0.15) is 9.40 Å². The highest BCUT2D eigenvalue weighted by molar-refractivity contribution is 7.88. The molecule has 0 bridgehead atoms. The zero-order chi connectivity index (χ0) is 33.6. The molecule has 0 spiro atoms. The van der Waals surface area contributed by atoms with Crippen LogP contribution in [0.25, 0.3) is 32.5 Å². The van der Waals surface area contributed by atoms with Crippen LogP contribution in [0.2, 0.25) is 0 Å². The van der Waals surface area contributed by atoms with Crippen LogP contribution in [0, 0.1) is 10.8 Å². The van der Waals surface area contributed by atoms with E-state index < -0.39 is 10.0 Å². The largest absolute Gasteiger partial charge is 0.353 e. The summed E-state index contributed by atoms with van der Waals surface area (Å²) in [4.78, 5) is 30.6. The van der Waals surface area contributed by atoms with Crippen LogP contribution < -0.4 is 10.4 Å². The summed E-state index contributed by atoms with van der Waals surface area (Å²) in [6, 6.07) is 8.19. The lowest BCUT2D eigenvalue weighted by Gasteiger charge is -2.46. The summed E-state index contributed by atoms with van der Waals surface area (Å²) >= 11 is 1.72. The Kier molecular flexibility index (Phi) is 9.32. The van der Waals surface area contributed by atoms with Gasteiger partial charge in [-0.15, -0.1) is 11.3 Å². The van der Waals surface area contributed by atoms with E-state index in [2.05, 4.69) is 58.7 Å². The molecule has 2 fully saturated rings. The number of nitrogens with one attached hydrogen (secondary N) is 2. The number of aromatic amines is 1. The Balaban J connectivity index is 1.25. The Hall–Kier alpha value is -3.21. The number of piperazine rings is 2. The van der Waals surface area contributed by atoms with Gasteiger partial charge in [-0.3, -0.25) is 24.9 Å². The van der Waals surface area contributed by atoms with Gasteiger partial charge in [0.25, 0.3) is 0 Å². The average Bonchev–Trinajstić information content (AvgIpc) is 3.67. The fourth-order valence-corrected chi connectivity index (χ4v) is 8.53. The Morgan fingerprint density at radius 1 is 1.00 bits per heavy atom. The number of carbonyl (C=O) groups excluding carboxylic acids is 1. The average molecular weight is 684 g/mol. The van der Waals surface area contributed by atoms with Crippen LogP contribution in [0.4, 0.5) is 5.82 Å². The van der Waals surface area contributed by atoms with Crippen molar-refractivity contribution in [3.63, 3.8) is 0 Å². The van der Waals surface area contributed by atoms with Crippen LogP contribution >= 0.6 is 11.3 Å². The summed E-state index contributed by atoms with van der Waals surface area (Å²) < 4.78 is 26.6. The number of hydroxylamine groups is 1. The van der Waals surface area contributed by atoms with Gasteiger partial charge in [0.1, 0.15) is 0 Å². The van der Waals surface area contributed by atoms with Gasteiger partial charge in [-0.05, 0) is 23.0 Å². The zero-order valence-corrected chi connectivity index (χ0v) is 29.4. The molecule has 3 N–H and O–H groups in total. The van der Waals surface area contributed by atoms with Crippen molar-refractivity contribution in [3.05, 3.63) is 35.3 Å². The number of sulfonamides is 1. The number of hydrogen-bond donors (Lipinski definition) is 3. The molecule has 5 heterocycles. The minimum absolute atomic E-state index is 0.171. The third-order valence-electron chi connectivity index (χ3n) is 10.2. The van der Waals surface area contributed by atoms with Crippen molar-refractivity contribution in [1.82, 2.24) is 39.8 Å². The molecule has 254 valence electrons. The van der Waals surface area contributed by atoms with E-state index in [-0.39, 0.29) is 23.2 Å². The molecule has 2 aliphatic heterocycles. The van der Waals surface area contributed by atoms with Gasteiger partial charge in [0, 0.05) is 87.7 Å². The number of aromatic nitrogens is 4. The third kappa shape index (κ3) is 7.15. The summed E-state index contributed by atoms with van der Waals surface area (Å²) in [7, 11) is -3.18. The molecule has 0 atom stereocenters. The molecule has 4 aromatic rings. The van der Waals surface area contributed by atoms with E-state index in [9.17, 15) is 13.2 Å². The van der Waals surface area contributed by atoms with Gasteiger partial charge in [0.15, 0.2) is 11.6 Å². The predicted octanol–water partition coefficient (Wildman–Crippen LogP) is 3.38. The lowest BCUT2D eigenvalue weighted by atomic mass is 9.65. The van der Waals surface area contributed by atoms with E-state index in [1.54, 1.807) is 21.1 Å². The minimum Gasteiger partial charge on any atom is -0.353 e. The van der Waals surface area contributed by atoms with Crippen LogP contribution in [0.1, 0.15) is 39.0 Å². The lowest BCUT2D eigenvalue weighted by molar-refractivity contribution is -0.133. The Bertz CT molecular complexity index is 1850. The van der Waals surface area contributed by atoms with E-state index >= 15 is 0 Å². The lowest BCUT2D eigenvalue weighted by Crippen LogP contribution is -2.52. The van der Waals surface area contributed by atoms with Crippen molar-refractivity contribution in [2.24, 2.45) is 10.8 Å². The van der Waals surface area contributed by atoms with Gasteiger partial charge < -0.3 is 4.90 Å². The molecular formula is C32H45N9O4S2. The molecule has 0 aliphatic carbocycles. The first-order chi connectivity index (χ1) is 22.2. The van der Waals surface area contributed by atoms with E-state index in [1.165, 1.54) is 11.1 Å². The second-order valence-electron chi connectivity index (χ2n) is 14.1. The SMILES string of the molecule is CC(C)(CC(=O)NO)C(C)(C)CN1CCN(c2nc(-c3cccc4[nH]ncc34)nc3cc(CN4CCN(S(C)(=O)=O)CC4)sc23)CC1. The molecule has 47 heavy (non-hydrogen) atoms. The molecule has 0 unspecified atom stereocenters. The molecule has 1 amide bonds. The number of fused-ring (bicyclic) bond motifs is 2. The first-order valence-electron chi connectivity index (χ1n) is 16.0. The van der Waals surface area contributed by atoms with Gasteiger partial charge in [0.05, 0.1) is 28.2 Å². The van der Waals surface area contributed by atoms with Crippen molar-refractivity contribution in [1.29, 1.82) is 0 Å². The summed E-state index contributed by atoms with van der Waals surface area (Å²) in [5.74, 6) is 1.23. The smallest absolute Gasteiger partial charge is 0.243 e. The molecule has 0 saturated carbocycles. The number of H-pyrrole nitrogens is 1. The van der Waals surface area contributed by atoms with Crippen LogP contribution in [0.5, 0.6) is 0 Å². The Morgan fingerprint density at radius 2 is 1.70 bits per heavy atom. The standard InChI is InChI=1S/C32H45N9O4S2/c1-31(2,18-27(42)37-43)32(3,4)21-39-9-13-40(14-10-39)30-28-26(34-29(35-30)23-7-6-8-25-24(23)19-33-36-25)17-22(46-28)20-38-11-15-41(16-12-38)47(5,44)45/h6-8,17,19,43H,9-16,18,20-21H2,1-5H3,(H,33,36)(H,37,42). The molecule has 13 nitrogen and oxygen atoms in total. The van der Waals surface area contributed by atoms with Crippen LogP contribution in [0.15, 0.2) is 30.5 Å². The van der Waals surface area contributed by atoms with Crippen LogP contribution in [-0.2, 0) is 21.4 Å². The Labute approximate surface area is 280 Å². The topological polar surface area (TPSA) is 151 Å². The number of carbonyl (C=O) groups is 1. The number of rotatable bonds is 10. The molecule has 3 aromatic heterocycles. The van der Waals surface area contributed by atoms with Gasteiger partial charge in [0.2, 0.25) is 15.9 Å². The molecule has 6 rings (SSSR count). The minimum atomic E-state index is -3.18. The van der Waals surface area contributed by atoms with E-state index in [4.69, 9.17) is 15.2 Å². The van der Waals surface area contributed by atoms with Gasteiger partial charge >= 0.3 is 0 Å². The third-order valence-corrected chi connectivity index (χ3v) is 12.6. The fourth-order valence-electron chi connectivity index (χ4n) is 6.55. The fraction of sp³-hybridized carbons (Fsp3) is 0.562. The molecule has 1 aromatic carbocycles. The maximum Gasteiger partial charge on any atom is 0.243 e. The van der Waals surface area contributed by atoms with E-state index in [0.717, 1.165) is 71.8 Å². The van der Waals surface area contributed by atoms with E-state index in [0.29, 0.717) is 32.0 Å². The van der Waals surface area contributed by atoms with E-state index in [1.807, 2.05) is 24.4 Å². The first-order valence-corrected chi connectivity index (χ1v) is 18.7. The number of amides is 1. The summed E-state index contributed by atoms with van der Waals surface area (Å²) in [6.07, 6.45) is 3.34. The summed E-state index contributed by atoms with van der Waals surface area (Å²) in [6.45, 7) is 15.8. The van der Waals surface area contributed by atoms with Crippen molar-refractivity contribution in [2.45, 2.75) is 40.7 Å². The zero-order valence-electron chi connectivity index (χ0n) is 27.8. The van der Waals surface area contributed by atoms with Crippen molar-refractivity contribution < 1.29 is 18.4 Å². The van der Waals surface area contributed by atoms with Crippen molar-refractivity contribution >= 4 is 54.2 Å². The summed E-state index contributed by atoms with van der Waals surface area (Å²) in [5, 5.41) is 17.4. The quantitative estimate of drug-likeness (QED) is 0.168.